The second kappa shape index (κ2) is 4.91. The molecule has 0 spiro atoms. The van der Waals surface area contributed by atoms with Crippen LogP contribution in [0, 0.1) is 0 Å². The Hall–Kier alpha value is -1.30. The van der Waals surface area contributed by atoms with Crippen LogP contribution in [0.4, 0.5) is 10.9 Å². The molecule has 0 aliphatic rings. The van der Waals surface area contributed by atoms with Crippen molar-refractivity contribution in [2.75, 3.05) is 11.1 Å². The molecule has 0 aliphatic heterocycles. The van der Waals surface area contributed by atoms with Crippen LogP contribution in [0.15, 0.2) is 0 Å². The fourth-order valence-corrected chi connectivity index (χ4v) is 2.13. The van der Waals surface area contributed by atoms with Gasteiger partial charge in [0, 0.05) is 11.6 Å². The molecule has 1 heterocycles. The molecular formula is C11H20N4OS. The Balaban J connectivity index is 2.84. The third kappa shape index (κ3) is 4.22. The Bertz CT molecular complexity index is 406. The van der Waals surface area contributed by atoms with E-state index in [1.165, 1.54) is 11.3 Å². The minimum Gasteiger partial charge on any atom is -0.382 e. The normalized spacial score (nSPS) is 11.6. The number of carbonyl (C=O) groups excluding carboxylic acids is 1. The van der Waals surface area contributed by atoms with E-state index in [0.29, 0.717) is 10.0 Å². The van der Waals surface area contributed by atoms with Crippen molar-refractivity contribution >= 4 is 28.2 Å². The summed E-state index contributed by atoms with van der Waals surface area (Å²) in [5.41, 5.74) is 5.46. The highest BCUT2D eigenvalue weighted by Gasteiger charge is 2.20. The predicted molar refractivity (Wildman–Crippen MR) is 72.5 cm³/mol. The summed E-state index contributed by atoms with van der Waals surface area (Å²) in [4.78, 5) is 16.5. The molecule has 96 valence electrons. The molecule has 1 aromatic heterocycles. The maximum atomic E-state index is 11.9. The number of hydrogen-bond donors (Lipinski definition) is 3. The molecule has 0 fully saturated rings. The van der Waals surface area contributed by atoms with Gasteiger partial charge in [-0.15, -0.1) is 0 Å². The number of thiazole rings is 1. The van der Waals surface area contributed by atoms with Crippen LogP contribution in [0.1, 0.15) is 44.3 Å². The Morgan fingerprint density at radius 3 is 2.47 bits per heavy atom. The number of nitrogens with zero attached hydrogens (tertiary/aromatic N) is 1. The van der Waals surface area contributed by atoms with E-state index in [9.17, 15) is 4.79 Å². The maximum Gasteiger partial charge on any atom is 0.265 e. The molecule has 0 saturated heterocycles. The van der Waals surface area contributed by atoms with Crippen molar-refractivity contribution < 1.29 is 4.79 Å². The lowest BCUT2D eigenvalue weighted by Crippen LogP contribution is -2.40. The van der Waals surface area contributed by atoms with Gasteiger partial charge in [0.05, 0.1) is 0 Å². The molecule has 0 unspecified atom stereocenters. The second-order valence-corrected chi connectivity index (χ2v) is 6.24. The van der Waals surface area contributed by atoms with Crippen molar-refractivity contribution in [1.29, 1.82) is 0 Å². The van der Waals surface area contributed by atoms with Gasteiger partial charge in [-0.25, -0.2) is 4.98 Å². The van der Waals surface area contributed by atoms with Crippen LogP contribution in [0.3, 0.4) is 0 Å². The lowest BCUT2D eigenvalue weighted by atomic mass is 10.1. The van der Waals surface area contributed by atoms with Crippen LogP contribution in [0.25, 0.3) is 0 Å². The molecule has 0 bridgehead atoms. The van der Waals surface area contributed by atoms with Crippen LogP contribution in [-0.2, 0) is 0 Å². The number of carbonyl (C=O) groups is 1. The first kappa shape index (κ1) is 13.8. The van der Waals surface area contributed by atoms with Gasteiger partial charge in [-0.3, -0.25) is 4.79 Å². The van der Waals surface area contributed by atoms with Gasteiger partial charge in [0.1, 0.15) is 10.7 Å². The van der Waals surface area contributed by atoms with E-state index in [4.69, 9.17) is 5.73 Å². The predicted octanol–water partition coefficient (Wildman–Crippen LogP) is 2.07. The highest BCUT2D eigenvalue weighted by Crippen LogP contribution is 2.25. The standard InChI is InChI=1S/C11H20N4OS/c1-6(2)13-10-14-8(12)7(17-10)9(16)15-11(3,4)5/h6H,12H2,1-5H3,(H,13,14)(H,15,16). The van der Waals surface area contributed by atoms with E-state index >= 15 is 0 Å². The van der Waals surface area contributed by atoms with Gasteiger partial charge in [-0.2, -0.15) is 0 Å². The molecule has 6 heteroatoms. The molecule has 0 atom stereocenters. The van der Waals surface area contributed by atoms with Gasteiger partial charge in [-0.05, 0) is 34.6 Å². The van der Waals surface area contributed by atoms with E-state index in [1.807, 2.05) is 34.6 Å². The van der Waals surface area contributed by atoms with Crippen LogP contribution in [0.2, 0.25) is 0 Å². The molecule has 5 nitrogen and oxygen atoms in total. The number of nitrogen functional groups attached to an aromatic ring is 1. The van der Waals surface area contributed by atoms with Crippen molar-refractivity contribution in [1.82, 2.24) is 10.3 Å². The highest BCUT2D eigenvalue weighted by atomic mass is 32.1. The summed E-state index contributed by atoms with van der Waals surface area (Å²) in [7, 11) is 0. The van der Waals surface area contributed by atoms with Crippen molar-refractivity contribution in [2.24, 2.45) is 0 Å². The van der Waals surface area contributed by atoms with E-state index in [0.717, 1.165) is 0 Å². The maximum absolute atomic E-state index is 11.9. The van der Waals surface area contributed by atoms with Crippen molar-refractivity contribution in [3.63, 3.8) is 0 Å². The smallest absolute Gasteiger partial charge is 0.265 e. The summed E-state index contributed by atoms with van der Waals surface area (Å²) in [6.07, 6.45) is 0. The molecule has 4 N–H and O–H groups in total. The zero-order valence-electron chi connectivity index (χ0n) is 10.9. The first-order valence-electron chi connectivity index (χ1n) is 5.54. The number of aromatic nitrogens is 1. The van der Waals surface area contributed by atoms with Gasteiger partial charge in [0.15, 0.2) is 5.13 Å². The number of rotatable bonds is 3. The van der Waals surface area contributed by atoms with Crippen molar-refractivity contribution in [3.8, 4) is 0 Å². The zero-order valence-corrected chi connectivity index (χ0v) is 11.7. The van der Waals surface area contributed by atoms with E-state index in [1.54, 1.807) is 0 Å². The molecule has 0 aliphatic carbocycles. The Labute approximate surface area is 106 Å². The molecular weight excluding hydrogens is 236 g/mol. The van der Waals surface area contributed by atoms with Crippen LogP contribution in [0.5, 0.6) is 0 Å². The number of nitrogens with two attached hydrogens (primary N) is 1. The van der Waals surface area contributed by atoms with E-state index in [-0.39, 0.29) is 23.3 Å². The SMILES string of the molecule is CC(C)Nc1nc(N)c(C(=O)NC(C)(C)C)s1. The molecule has 0 radical (unpaired) electrons. The number of hydrogen-bond acceptors (Lipinski definition) is 5. The number of nitrogens with one attached hydrogen (secondary N) is 2. The average Bonchev–Trinajstić information content (AvgIpc) is 2.42. The van der Waals surface area contributed by atoms with Crippen LogP contribution < -0.4 is 16.4 Å². The summed E-state index contributed by atoms with van der Waals surface area (Å²) >= 11 is 1.28. The van der Waals surface area contributed by atoms with Gasteiger partial charge < -0.3 is 16.4 Å². The quantitative estimate of drug-likeness (QED) is 0.773. The number of anilines is 2. The second-order valence-electron chi connectivity index (χ2n) is 5.24. The minimum atomic E-state index is -0.279. The Morgan fingerprint density at radius 1 is 1.41 bits per heavy atom. The first-order chi connectivity index (χ1) is 7.69. The van der Waals surface area contributed by atoms with Gasteiger partial charge in [0.2, 0.25) is 0 Å². The largest absolute Gasteiger partial charge is 0.382 e. The lowest BCUT2D eigenvalue weighted by Gasteiger charge is -2.19. The van der Waals surface area contributed by atoms with Crippen LogP contribution in [-0.4, -0.2) is 22.5 Å². The fraction of sp³-hybridized carbons (Fsp3) is 0.636. The summed E-state index contributed by atoms with van der Waals surface area (Å²) in [5, 5.41) is 6.68. The molecule has 1 rings (SSSR count). The summed E-state index contributed by atoms with van der Waals surface area (Å²) < 4.78 is 0. The number of amides is 1. The van der Waals surface area contributed by atoms with Gasteiger partial charge in [0.25, 0.3) is 5.91 Å². The fourth-order valence-electron chi connectivity index (χ4n) is 1.20. The molecule has 17 heavy (non-hydrogen) atoms. The third-order valence-electron chi connectivity index (χ3n) is 1.76. The topological polar surface area (TPSA) is 80.0 Å². The van der Waals surface area contributed by atoms with Crippen molar-refractivity contribution in [2.45, 2.75) is 46.2 Å². The van der Waals surface area contributed by atoms with Crippen molar-refractivity contribution in [3.05, 3.63) is 4.88 Å². The average molecular weight is 256 g/mol. The lowest BCUT2D eigenvalue weighted by molar-refractivity contribution is 0.0924. The van der Waals surface area contributed by atoms with E-state index in [2.05, 4.69) is 15.6 Å². The molecule has 0 aromatic carbocycles. The van der Waals surface area contributed by atoms with Gasteiger partial charge >= 0.3 is 0 Å². The Morgan fingerprint density at radius 2 is 2.00 bits per heavy atom. The summed E-state index contributed by atoms with van der Waals surface area (Å²) in [5.74, 6) is 0.101. The van der Waals surface area contributed by atoms with E-state index < -0.39 is 0 Å². The molecule has 0 saturated carbocycles. The molecule has 1 aromatic rings. The van der Waals surface area contributed by atoms with Gasteiger partial charge in [-0.1, -0.05) is 11.3 Å². The monoisotopic (exact) mass is 256 g/mol. The first-order valence-corrected chi connectivity index (χ1v) is 6.36. The Kier molecular flexibility index (Phi) is 3.98. The summed E-state index contributed by atoms with van der Waals surface area (Å²) in [6, 6.07) is 0.263. The molecule has 1 amide bonds. The summed E-state index contributed by atoms with van der Waals surface area (Å²) in [6.45, 7) is 9.79. The third-order valence-corrected chi connectivity index (χ3v) is 2.76. The minimum absolute atomic E-state index is 0.177. The van der Waals surface area contributed by atoms with Crippen LogP contribution >= 0.6 is 11.3 Å². The zero-order chi connectivity index (χ0) is 13.2. The highest BCUT2D eigenvalue weighted by molar-refractivity contribution is 7.18.